The van der Waals surface area contributed by atoms with E-state index in [2.05, 4.69) is 6.92 Å². The van der Waals surface area contributed by atoms with Crippen LogP contribution in [-0.2, 0) is 9.59 Å². The van der Waals surface area contributed by atoms with Crippen LogP contribution in [0.15, 0.2) is 0 Å². The Bertz CT molecular complexity index is 224. The number of hydrogen-bond acceptors (Lipinski definition) is 2. The van der Waals surface area contributed by atoms with Gasteiger partial charge in [0.15, 0.2) is 0 Å². The molecular formula is C14H26O3. The molecule has 0 amide bonds. The molecule has 0 aromatic carbocycles. The minimum atomic E-state index is -0.947. The smallest absolute Gasteiger partial charge is 0.314 e. The Hall–Kier alpha value is -0.860. The van der Waals surface area contributed by atoms with Crippen LogP contribution in [0.25, 0.3) is 0 Å². The van der Waals surface area contributed by atoms with Crippen molar-refractivity contribution in [2.75, 3.05) is 0 Å². The minimum Gasteiger partial charge on any atom is -0.481 e. The van der Waals surface area contributed by atoms with Gasteiger partial charge in [-0.3, -0.25) is 9.59 Å². The van der Waals surface area contributed by atoms with Gasteiger partial charge in [0.1, 0.15) is 11.7 Å². The molecule has 0 aliphatic rings. The predicted octanol–water partition coefficient (Wildman–Crippen LogP) is 3.81. The van der Waals surface area contributed by atoms with E-state index in [0.29, 0.717) is 12.8 Å². The number of carbonyl (C=O) groups excluding carboxylic acids is 1. The first-order chi connectivity index (χ1) is 8.13. The summed E-state index contributed by atoms with van der Waals surface area (Å²) in [5.41, 5.74) is 0. The third kappa shape index (κ3) is 7.94. The van der Waals surface area contributed by atoms with Crippen molar-refractivity contribution in [3.05, 3.63) is 0 Å². The lowest BCUT2D eigenvalue weighted by Gasteiger charge is -2.10. The Morgan fingerprint density at radius 2 is 1.53 bits per heavy atom. The van der Waals surface area contributed by atoms with Crippen LogP contribution < -0.4 is 0 Å². The van der Waals surface area contributed by atoms with Gasteiger partial charge in [0.2, 0.25) is 0 Å². The zero-order chi connectivity index (χ0) is 13.1. The lowest BCUT2D eigenvalue weighted by Crippen LogP contribution is -2.23. The predicted molar refractivity (Wildman–Crippen MR) is 69.0 cm³/mol. The second-order valence-corrected chi connectivity index (χ2v) is 4.66. The van der Waals surface area contributed by atoms with Gasteiger partial charge in [-0.15, -0.1) is 0 Å². The number of hydrogen-bond donors (Lipinski definition) is 1. The molecule has 0 spiro atoms. The molecule has 0 radical (unpaired) electrons. The third-order valence-corrected chi connectivity index (χ3v) is 3.06. The van der Waals surface area contributed by atoms with E-state index in [0.717, 1.165) is 32.1 Å². The molecule has 0 rings (SSSR count). The molecule has 0 bridgehead atoms. The lowest BCUT2D eigenvalue weighted by molar-refractivity contribution is -0.146. The number of unbranched alkanes of at least 4 members (excludes halogenated alkanes) is 5. The average molecular weight is 242 g/mol. The zero-order valence-electron chi connectivity index (χ0n) is 11.2. The van der Waals surface area contributed by atoms with E-state index in [-0.39, 0.29) is 5.78 Å². The molecule has 0 heterocycles. The number of ketones is 1. The molecule has 1 N–H and O–H groups in total. The Labute approximate surface area is 105 Å². The van der Waals surface area contributed by atoms with E-state index in [1.165, 1.54) is 12.8 Å². The van der Waals surface area contributed by atoms with Gasteiger partial charge in [-0.25, -0.2) is 0 Å². The van der Waals surface area contributed by atoms with Crippen LogP contribution >= 0.6 is 0 Å². The topological polar surface area (TPSA) is 54.4 Å². The number of carboxylic acid groups (broad SMARTS) is 1. The van der Waals surface area contributed by atoms with Crippen molar-refractivity contribution in [1.82, 2.24) is 0 Å². The van der Waals surface area contributed by atoms with Gasteiger partial charge in [-0.05, 0) is 12.8 Å². The largest absolute Gasteiger partial charge is 0.481 e. The normalized spacial score (nSPS) is 12.4. The standard InChI is InChI=1S/C14H26O3/c1-3-5-7-8-9-11-13(15)12(14(16)17)10-6-4-2/h12H,3-11H2,1-2H3,(H,16,17). The molecule has 0 aliphatic heterocycles. The highest BCUT2D eigenvalue weighted by molar-refractivity contribution is 5.98. The summed E-state index contributed by atoms with van der Waals surface area (Å²) < 4.78 is 0. The second-order valence-electron chi connectivity index (χ2n) is 4.66. The van der Waals surface area contributed by atoms with Crippen LogP contribution in [0.1, 0.15) is 71.6 Å². The van der Waals surface area contributed by atoms with E-state index < -0.39 is 11.9 Å². The number of aliphatic carboxylic acids is 1. The molecule has 0 aliphatic carbocycles. The highest BCUT2D eigenvalue weighted by Gasteiger charge is 2.24. The molecule has 0 saturated heterocycles. The summed E-state index contributed by atoms with van der Waals surface area (Å²) in [6.45, 7) is 4.16. The Morgan fingerprint density at radius 1 is 0.941 bits per heavy atom. The van der Waals surface area contributed by atoms with Crippen molar-refractivity contribution in [2.45, 2.75) is 71.6 Å². The maximum Gasteiger partial charge on any atom is 0.314 e. The van der Waals surface area contributed by atoms with Crippen LogP contribution in [0.5, 0.6) is 0 Å². The van der Waals surface area contributed by atoms with Crippen molar-refractivity contribution in [1.29, 1.82) is 0 Å². The zero-order valence-corrected chi connectivity index (χ0v) is 11.2. The van der Waals surface area contributed by atoms with Gasteiger partial charge in [-0.2, -0.15) is 0 Å². The molecule has 1 atom stereocenters. The lowest BCUT2D eigenvalue weighted by atomic mass is 9.94. The molecule has 17 heavy (non-hydrogen) atoms. The Morgan fingerprint density at radius 3 is 2.06 bits per heavy atom. The molecule has 100 valence electrons. The molecule has 3 heteroatoms. The fourth-order valence-electron chi connectivity index (χ4n) is 1.91. The molecule has 0 aromatic heterocycles. The fourth-order valence-corrected chi connectivity index (χ4v) is 1.91. The van der Waals surface area contributed by atoms with Gasteiger partial charge in [0, 0.05) is 6.42 Å². The first-order valence-corrected chi connectivity index (χ1v) is 6.89. The third-order valence-electron chi connectivity index (χ3n) is 3.06. The highest BCUT2D eigenvalue weighted by atomic mass is 16.4. The summed E-state index contributed by atoms with van der Waals surface area (Å²) in [6.07, 6.45) is 8.11. The van der Waals surface area contributed by atoms with Crippen LogP contribution in [0, 0.1) is 5.92 Å². The van der Waals surface area contributed by atoms with E-state index >= 15 is 0 Å². The van der Waals surface area contributed by atoms with E-state index in [9.17, 15) is 9.59 Å². The summed E-state index contributed by atoms with van der Waals surface area (Å²) in [4.78, 5) is 22.7. The van der Waals surface area contributed by atoms with Crippen molar-refractivity contribution < 1.29 is 14.7 Å². The highest BCUT2D eigenvalue weighted by Crippen LogP contribution is 2.15. The quantitative estimate of drug-likeness (QED) is 0.443. The Balaban J connectivity index is 3.85. The summed E-state index contributed by atoms with van der Waals surface area (Å²) in [7, 11) is 0. The number of rotatable bonds is 11. The summed E-state index contributed by atoms with van der Waals surface area (Å²) in [6, 6.07) is 0. The molecule has 1 unspecified atom stereocenters. The average Bonchev–Trinajstić information content (AvgIpc) is 2.29. The van der Waals surface area contributed by atoms with E-state index in [1.807, 2.05) is 6.92 Å². The van der Waals surface area contributed by atoms with E-state index in [4.69, 9.17) is 5.11 Å². The monoisotopic (exact) mass is 242 g/mol. The summed E-state index contributed by atoms with van der Waals surface area (Å²) in [5.74, 6) is -1.79. The van der Waals surface area contributed by atoms with Gasteiger partial charge in [-0.1, -0.05) is 52.4 Å². The SMILES string of the molecule is CCCCCCCC(=O)C(CCCC)C(=O)O. The first kappa shape index (κ1) is 16.1. The van der Waals surface area contributed by atoms with Crippen LogP contribution in [-0.4, -0.2) is 16.9 Å². The second kappa shape index (κ2) is 10.3. The van der Waals surface area contributed by atoms with Gasteiger partial charge >= 0.3 is 5.97 Å². The molecule has 0 saturated carbocycles. The van der Waals surface area contributed by atoms with Gasteiger partial charge < -0.3 is 5.11 Å². The fraction of sp³-hybridized carbons (Fsp3) is 0.857. The number of Topliss-reactive ketones (excluding diaryl/α,β-unsaturated/α-hetero) is 1. The van der Waals surface area contributed by atoms with Gasteiger partial charge in [0.05, 0.1) is 0 Å². The molecule has 3 nitrogen and oxygen atoms in total. The summed E-state index contributed by atoms with van der Waals surface area (Å²) in [5, 5.41) is 8.99. The van der Waals surface area contributed by atoms with Crippen molar-refractivity contribution in [2.24, 2.45) is 5.92 Å². The van der Waals surface area contributed by atoms with Crippen molar-refractivity contribution >= 4 is 11.8 Å². The maximum absolute atomic E-state index is 11.7. The molecular weight excluding hydrogens is 216 g/mol. The number of carboxylic acids is 1. The van der Waals surface area contributed by atoms with Gasteiger partial charge in [0.25, 0.3) is 0 Å². The van der Waals surface area contributed by atoms with Crippen LogP contribution in [0.3, 0.4) is 0 Å². The van der Waals surface area contributed by atoms with Crippen LogP contribution in [0.2, 0.25) is 0 Å². The Kier molecular flexibility index (Phi) is 9.78. The summed E-state index contributed by atoms with van der Waals surface area (Å²) >= 11 is 0. The van der Waals surface area contributed by atoms with Crippen LogP contribution in [0.4, 0.5) is 0 Å². The number of carbonyl (C=O) groups is 2. The maximum atomic E-state index is 11.7. The molecule has 0 fully saturated rings. The minimum absolute atomic E-state index is 0.0811. The molecule has 0 aromatic rings. The van der Waals surface area contributed by atoms with Crippen molar-refractivity contribution in [3.63, 3.8) is 0 Å². The van der Waals surface area contributed by atoms with E-state index in [1.54, 1.807) is 0 Å². The first-order valence-electron chi connectivity index (χ1n) is 6.89. The van der Waals surface area contributed by atoms with Crippen molar-refractivity contribution in [3.8, 4) is 0 Å².